The van der Waals surface area contributed by atoms with Crippen molar-refractivity contribution in [1.29, 1.82) is 0 Å². The van der Waals surface area contributed by atoms with Crippen molar-refractivity contribution < 1.29 is 19.0 Å². The van der Waals surface area contributed by atoms with E-state index in [0.717, 1.165) is 32.1 Å². The minimum Gasteiger partial charge on any atom is -0.494 e. The summed E-state index contributed by atoms with van der Waals surface area (Å²) in [5.41, 5.74) is 0.588. The first-order chi connectivity index (χ1) is 17.2. The minimum atomic E-state index is -0.0123. The Morgan fingerprint density at radius 3 is 1.83 bits per heavy atom. The van der Waals surface area contributed by atoms with Crippen LogP contribution < -0.4 is 19.5 Å². The lowest BCUT2D eigenvalue weighted by atomic mass is 10.1. The fraction of sp³-hybridized carbons (Fsp3) is 0.633. The van der Waals surface area contributed by atoms with Crippen molar-refractivity contribution in [3.63, 3.8) is 0 Å². The lowest BCUT2D eigenvalue weighted by Gasteiger charge is -2.18. The summed E-state index contributed by atoms with van der Waals surface area (Å²) in [6.45, 7) is 9.55. The molecule has 0 aliphatic carbocycles. The third-order valence-electron chi connectivity index (χ3n) is 5.57. The van der Waals surface area contributed by atoms with E-state index < -0.39 is 0 Å². The fourth-order valence-corrected chi connectivity index (χ4v) is 3.78. The van der Waals surface area contributed by atoms with E-state index in [1.807, 2.05) is 32.9 Å². The van der Waals surface area contributed by atoms with Crippen LogP contribution in [0.5, 0.6) is 17.2 Å². The largest absolute Gasteiger partial charge is 0.494 e. The van der Waals surface area contributed by atoms with Gasteiger partial charge < -0.3 is 19.5 Å². The Bertz CT molecular complexity index is 715. The van der Waals surface area contributed by atoms with Gasteiger partial charge >= 0.3 is 0 Å². The molecule has 0 radical (unpaired) electrons. The Balaban J connectivity index is 2.30. The molecule has 35 heavy (non-hydrogen) atoms. The Labute approximate surface area is 214 Å². The summed E-state index contributed by atoms with van der Waals surface area (Å²) in [5, 5.41) is 3.01. The second-order valence-electron chi connectivity index (χ2n) is 8.62. The van der Waals surface area contributed by atoms with Crippen molar-refractivity contribution in [3.8, 4) is 17.2 Å². The maximum atomic E-state index is 12.6. The molecule has 1 amide bonds. The highest BCUT2D eigenvalue weighted by atomic mass is 16.5. The van der Waals surface area contributed by atoms with Crippen LogP contribution in [-0.4, -0.2) is 25.7 Å². The highest BCUT2D eigenvalue weighted by molar-refractivity contribution is 5.94. The summed E-state index contributed by atoms with van der Waals surface area (Å²) in [4.78, 5) is 12.6. The number of rotatable bonds is 21. The highest BCUT2D eigenvalue weighted by Crippen LogP contribution is 2.39. The van der Waals surface area contributed by atoms with E-state index in [9.17, 15) is 4.79 Å². The number of unbranched alkanes of at least 4 members (excludes halogenated alkanes) is 8. The minimum absolute atomic E-state index is 0.0123. The van der Waals surface area contributed by atoms with Gasteiger partial charge in [0.1, 0.15) is 22.9 Å². The molecule has 0 heterocycles. The van der Waals surface area contributed by atoms with Crippen LogP contribution in [0.3, 0.4) is 0 Å². The van der Waals surface area contributed by atoms with Crippen LogP contribution in [0.25, 0.3) is 0 Å². The van der Waals surface area contributed by atoms with Gasteiger partial charge in [0, 0.05) is 18.6 Å². The molecule has 0 aliphatic rings. The second-order valence-corrected chi connectivity index (χ2v) is 8.62. The van der Waals surface area contributed by atoms with Crippen molar-refractivity contribution in [2.24, 2.45) is 0 Å². The molecule has 0 fully saturated rings. The average Bonchev–Trinajstić information content (AvgIpc) is 2.84. The van der Waals surface area contributed by atoms with Crippen LogP contribution in [0.4, 0.5) is 5.69 Å². The molecule has 1 rings (SSSR count). The average molecular weight is 488 g/mol. The lowest BCUT2D eigenvalue weighted by Crippen LogP contribution is -2.14. The Morgan fingerprint density at radius 2 is 1.26 bits per heavy atom. The summed E-state index contributed by atoms with van der Waals surface area (Å²) in [7, 11) is 0. The zero-order valence-corrected chi connectivity index (χ0v) is 22.7. The summed E-state index contributed by atoms with van der Waals surface area (Å²) >= 11 is 0. The van der Waals surface area contributed by atoms with E-state index in [0.29, 0.717) is 49.2 Å². The third kappa shape index (κ3) is 14.5. The molecule has 0 spiro atoms. The molecule has 5 nitrogen and oxygen atoms in total. The van der Waals surface area contributed by atoms with Crippen LogP contribution in [0.1, 0.15) is 105 Å². The number of allylic oxidation sites excluding steroid dienone is 4. The molecule has 0 aliphatic heterocycles. The van der Waals surface area contributed by atoms with Crippen LogP contribution in [0, 0.1) is 0 Å². The molecule has 198 valence electrons. The van der Waals surface area contributed by atoms with E-state index in [4.69, 9.17) is 14.2 Å². The van der Waals surface area contributed by atoms with Crippen molar-refractivity contribution in [1.82, 2.24) is 0 Å². The van der Waals surface area contributed by atoms with Crippen LogP contribution in [0.2, 0.25) is 0 Å². The third-order valence-corrected chi connectivity index (χ3v) is 5.57. The summed E-state index contributed by atoms with van der Waals surface area (Å²) in [5.74, 6) is 1.82. The predicted molar refractivity (Wildman–Crippen MR) is 148 cm³/mol. The standard InChI is InChI=1S/C30H49NO4/c1-5-9-10-11-12-13-14-15-16-17-18-19-20-21-22-23-29(32)31-30-27(34-7-3)24-26(33-6-2)25-28(30)35-8-4/h12-13,15-16,24-25H,5-11,14,17-23H2,1-4H3,(H,31,32). The molecule has 1 aromatic carbocycles. The van der Waals surface area contributed by atoms with Crippen molar-refractivity contribution in [2.75, 3.05) is 25.1 Å². The van der Waals surface area contributed by atoms with Gasteiger partial charge in [-0.25, -0.2) is 0 Å². The Kier molecular flexibility index (Phi) is 18.3. The first-order valence-corrected chi connectivity index (χ1v) is 13.8. The van der Waals surface area contributed by atoms with Crippen LogP contribution >= 0.6 is 0 Å². The van der Waals surface area contributed by atoms with Gasteiger partial charge in [-0.2, -0.15) is 0 Å². The molecule has 0 aromatic heterocycles. The molecule has 5 heteroatoms. The van der Waals surface area contributed by atoms with Gasteiger partial charge in [-0.1, -0.05) is 63.3 Å². The fourth-order valence-electron chi connectivity index (χ4n) is 3.78. The Hall–Kier alpha value is -2.43. The molecule has 1 N–H and O–H groups in total. The first kappa shape index (κ1) is 30.6. The first-order valence-electron chi connectivity index (χ1n) is 13.8. The smallest absolute Gasteiger partial charge is 0.224 e. The predicted octanol–water partition coefficient (Wildman–Crippen LogP) is 8.63. The van der Waals surface area contributed by atoms with Crippen molar-refractivity contribution >= 4 is 11.6 Å². The number of hydrogen-bond donors (Lipinski definition) is 1. The van der Waals surface area contributed by atoms with E-state index >= 15 is 0 Å². The van der Waals surface area contributed by atoms with Gasteiger partial charge in [-0.05, 0) is 59.3 Å². The lowest BCUT2D eigenvalue weighted by molar-refractivity contribution is -0.116. The zero-order chi connectivity index (χ0) is 25.6. The summed E-state index contributed by atoms with van der Waals surface area (Å²) in [6, 6.07) is 3.62. The van der Waals surface area contributed by atoms with E-state index in [-0.39, 0.29) is 5.91 Å². The Morgan fingerprint density at radius 1 is 0.714 bits per heavy atom. The van der Waals surface area contributed by atoms with Gasteiger partial charge in [0.2, 0.25) is 5.91 Å². The van der Waals surface area contributed by atoms with Gasteiger partial charge in [0.15, 0.2) is 0 Å². The number of hydrogen-bond acceptors (Lipinski definition) is 4. The molecular weight excluding hydrogens is 438 g/mol. The van der Waals surface area contributed by atoms with E-state index in [2.05, 4.69) is 36.5 Å². The SMILES string of the molecule is CCCCCC=CCC=CCCCCCCCC(=O)Nc1c(OCC)cc(OCC)cc1OCC. The van der Waals surface area contributed by atoms with Gasteiger partial charge in [0.25, 0.3) is 0 Å². The maximum absolute atomic E-state index is 12.6. The van der Waals surface area contributed by atoms with Crippen LogP contribution in [-0.2, 0) is 4.79 Å². The summed E-state index contributed by atoms with van der Waals surface area (Å²) in [6.07, 6.45) is 22.5. The molecule has 1 aromatic rings. The topological polar surface area (TPSA) is 56.8 Å². The van der Waals surface area contributed by atoms with Gasteiger partial charge in [0.05, 0.1) is 19.8 Å². The number of carbonyl (C=O) groups excluding carboxylic acids is 1. The van der Waals surface area contributed by atoms with Gasteiger partial charge in [-0.15, -0.1) is 0 Å². The van der Waals surface area contributed by atoms with Crippen molar-refractivity contribution in [2.45, 2.75) is 105 Å². The number of carbonyl (C=O) groups is 1. The number of anilines is 1. The normalized spacial score (nSPS) is 11.3. The van der Waals surface area contributed by atoms with E-state index in [1.165, 1.54) is 38.5 Å². The molecule has 0 saturated heterocycles. The van der Waals surface area contributed by atoms with E-state index in [1.54, 1.807) is 0 Å². The number of ether oxygens (including phenoxy) is 3. The van der Waals surface area contributed by atoms with Crippen LogP contribution in [0.15, 0.2) is 36.4 Å². The quantitative estimate of drug-likeness (QED) is 0.139. The van der Waals surface area contributed by atoms with Crippen molar-refractivity contribution in [3.05, 3.63) is 36.4 Å². The highest BCUT2D eigenvalue weighted by Gasteiger charge is 2.17. The zero-order valence-electron chi connectivity index (χ0n) is 22.7. The molecule has 0 bridgehead atoms. The maximum Gasteiger partial charge on any atom is 0.224 e. The monoisotopic (exact) mass is 487 g/mol. The molecular formula is C30H49NO4. The molecule has 0 atom stereocenters. The number of nitrogens with one attached hydrogen (secondary N) is 1. The summed E-state index contributed by atoms with van der Waals surface area (Å²) < 4.78 is 17.1. The van der Waals surface area contributed by atoms with Gasteiger partial charge in [-0.3, -0.25) is 4.79 Å². The molecule has 0 unspecified atom stereocenters. The number of benzene rings is 1. The number of amides is 1. The second kappa shape index (κ2) is 20.9. The molecule has 0 saturated carbocycles.